The number of phenols is 1. The van der Waals surface area contributed by atoms with E-state index in [1.165, 1.54) is 10.3 Å². The first kappa shape index (κ1) is 9.64. The zero-order valence-corrected chi connectivity index (χ0v) is 9.42. The molecule has 5 heteroatoms. The van der Waals surface area contributed by atoms with Gasteiger partial charge in [-0.3, -0.25) is 0 Å². The molecule has 0 radical (unpaired) electrons. The van der Waals surface area contributed by atoms with Gasteiger partial charge in [0.2, 0.25) is 0 Å². The maximum absolute atomic E-state index is 10.5. The minimum Gasteiger partial charge on any atom is -0.508 e. The van der Waals surface area contributed by atoms with Crippen LogP contribution in [0.4, 0.5) is 0 Å². The molecule has 2 aromatic rings. The van der Waals surface area contributed by atoms with Gasteiger partial charge in [-0.2, -0.15) is 0 Å². The molecule has 72 valence electrons. The molecule has 0 atom stereocenters. The number of hydrogen-bond donors (Lipinski definition) is 1. The fourth-order valence-electron chi connectivity index (χ4n) is 1.04. The van der Waals surface area contributed by atoms with Crippen LogP contribution in [0, 0.1) is 3.82 Å². The minimum absolute atomic E-state index is 0.257. The van der Waals surface area contributed by atoms with Gasteiger partial charge in [-0.1, -0.05) is 20.7 Å². The van der Waals surface area contributed by atoms with Crippen LogP contribution in [0.1, 0.15) is 0 Å². The Bertz CT molecular complexity index is 517. The molecule has 0 bridgehead atoms. The lowest BCUT2D eigenvalue weighted by atomic mass is 10.2. The minimum atomic E-state index is 0.257. The molecule has 14 heavy (non-hydrogen) atoms. The van der Waals surface area contributed by atoms with Crippen molar-refractivity contribution in [1.82, 2.24) is 0 Å². The second-order valence-electron chi connectivity index (χ2n) is 2.62. The van der Waals surface area contributed by atoms with E-state index in [4.69, 9.17) is 5.11 Å². The van der Waals surface area contributed by atoms with Crippen molar-refractivity contribution in [2.75, 3.05) is 0 Å². The summed E-state index contributed by atoms with van der Waals surface area (Å²) < 4.78 is 11.3. The molecule has 0 unspecified atom stereocenters. The van der Waals surface area contributed by atoms with E-state index in [0.29, 0.717) is 11.3 Å². The Morgan fingerprint density at radius 1 is 1.14 bits per heavy atom. The van der Waals surface area contributed by atoms with Gasteiger partial charge in [0.05, 0.1) is 0 Å². The molecule has 2 rings (SSSR count). The van der Waals surface area contributed by atoms with Crippen molar-refractivity contribution < 1.29 is 9.32 Å². The first-order chi connectivity index (χ1) is 6.79. The van der Waals surface area contributed by atoms with E-state index < -0.39 is 0 Å². The van der Waals surface area contributed by atoms with Crippen molar-refractivity contribution in [3.05, 3.63) is 34.2 Å². The number of aromatic hydroxyl groups is 1. The molecule has 0 aliphatic rings. The van der Waals surface area contributed by atoms with Gasteiger partial charge in [0.25, 0.3) is 0 Å². The number of rotatable bonds is 1. The van der Waals surface area contributed by atoms with Gasteiger partial charge >= 0.3 is 0 Å². The summed E-state index contributed by atoms with van der Waals surface area (Å²) in [5, 5.41) is 9.11. The van der Waals surface area contributed by atoms with Crippen molar-refractivity contribution in [2.45, 2.75) is 0 Å². The fourth-order valence-corrected chi connectivity index (χ4v) is 3.85. The van der Waals surface area contributed by atoms with Crippen LogP contribution in [-0.2, 0) is 11.3 Å². The Morgan fingerprint density at radius 3 is 2.43 bits per heavy atom. The fraction of sp³-hybridized carbons (Fsp3) is 0. The molecule has 1 aromatic carbocycles. The second-order valence-corrected chi connectivity index (χ2v) is 5.70. The third-order valence-corrected chi connectivity index (χ3v) is 4.98. The topological polar surface area (TPSA) is 37.3 Å². The molecule has 1 aromatic heterocycles. The Labute approximate surface area is 91.6 Å². The summed E-state index contributed by atoms with van der Waals surface area (Å²) in [5.74, 6) is 0.257. The van der Waals surface area contributed by atoms with Crippen molar-refractivity contribution in [3.8, 4) is 16.2 Å². The zero-order chi connectivity index (χ0) is 9.97. The van der Waals surface area contributed by atoms with Gasteiger partial charge in [0.1, 0.15) is 20.8 Å². The first-order valence-electron chi connectivity index (χ1n) is 3.82. The second kappa shape index (κ2) is 4.08. The Morgan fingerprint density at radius 2 is 1.86 bits per heavy atom. The Hall–Kier alpha value is -0.910. The maximum atomic E-state index is 10.5. The van der Waals surface area contributed by atoms with E-state index in [0.717, 1.165) is 14.3 Å². The van der Waals surface area contributed by atoms with Gasteiger partial charge in [-0.05, 0) is 35.9 Å². The summed E-state index contributed by atoms with van der Waals surface area (Å²) in [6.45, 7) is 0. The van der Waals surface area contributed by atoms with Crippen LogP contribution < -0.4 is 0 Å². The highest BCUT2D eigenvalue weighted by molar-refractivity contribution is 7.74. The quantitative estimate of drug-likeness (QED) is 0.616. The molecule has 0 fully saturated rings. The lowest BCUT2D eigenvalue weighted by molar-refractivity contribution is 0.475. The van der Waals surface area contributed by atoms with Crippen molar-refractivity contribution >= 4 is 31.9 Å². The molecule has 1 heterocycles. The summed E-state index contributed by atoms with van der Waals surface area (Å²) in [6, 6.07) is 8.84. The molecular weight excluding hydrogens is 236 g/mol. The average Bonchev–Trinajstić information content (AvgIpc) is 2.67. The van der Waals surface area contributed by atoms with Crippen LogP contribution in [0.25, 0.3) is 10.4 Å². The first-order valence-corrected chi connectivity index (χ1v) is 6.71. The number of phenolic OH excluding ortho intramolecular Hbond substituents is 1. The van der Waals surface area contributed by atoms with Crippen LogP contribution in [-0.4, -0.2) is 9.32 Å². The molecule has 0 spiro atoms. The number of hydrogen-bond acceptors (Lipinski definition) is 4. The molecule has 0 aliphatic carbocycles. The zero-order valence-electron chi connectivity index (χ0n) is 6.97. The Balaban J connectivity index is 2.49. The lowest BCUT2D eigenvalue weighted by Gasteiger charge is -1.95. The van der Waals surface area contributed by atoms with E-state index in [2.05, 4.69) is 0 Å². The Kier molecular flexibility index (Phi) is 2.81. The molecule has 2 nitrogen and oxygen atoms in total. The van der Waals surface area contributed by atoms with Crippen LogP contribution in [0.2, 0.25) is 0 Å². The van der Waals surface area contributed by atoms with Crippen molar-refractivity contribution in [1.29, 1.82) is 0 Å². The van der Waals surface area contributed by atoms with Crippen molar-refractivity contribution in [2.24, 2.45) is 0 Å². The summed E-state index contributed by atoms with van der Waals surface area (Å²) >= 11 is 0.517. The number of benzene rings is 1. The molecule has 0 saturated carbocycles. The molecule has 0 saturated heterocycles. The van der Waals surface area contributed by atoms with Crippen LogP contribution in [0.5, 0.6) is 5.75 Å². The lowest BCUT2D eigenvalue weighted by Crippen LogP contribution is -1.70. The highest BCUT2D eigenvalue weighted by atomic mass is 32.9. The van der Waals surface area contributed by atoms with Gasteiger partial charge < -0.3 is 5.11 Å². The molecule has 1 N–H and O–H groups in total. The standard InChI is InChI=1S/C9H6O2S3/c10-7-3-1-6(2-4-7)8-5-9(12-11)14-13-8/h1-5,10H. The largest absolute Gasteiger partial charge is 0.508 e. The van der Waals surface area contributed by atoms with Gasteiger partial charge in [0.15, 0.2) is 0 Å². The van der Waals surface area contributed by atoms with E-state index in [1.54, 1.807) is 22.5 Å². The van der Waals surface area contributed by atoms with E-state index in [9.17, 15) is 4.21 Å². The van der Waals surface area contributed by atoms with Crippen molar-refractivity contribution in [3.63, 3.8) is 0 Å². The third kappa shape index (κ3) is 1.95. The van der Waals surface area contributed by atoms with E-state index >= 15 is 0 Å². The van der Waals surface area contributed by atoms with E-state index in [1.807, 2.05) is 18.2 Å². The monoisotopic (exact) mass is 242 g/mol. The van der Waals surface area contributed by atoms with E-state index in [-0.39, 0.29) is 5.75 Å². The highest BCUT2D eigenvalue weighted by Gasteiger charge is 2.00. The third-order valence-electron chi connectivity index (χ3n) is 1.70. The van der Waals surface area contributed by atoms with Crippen LogP contribution >= 0.6 is 20.7 Å². The average molecular weight is 242 g/mol. The summed E-state index contributed by atoms with van der Waals surface area (Å²) in [7, 11) is 3.05. The normalized spacial score (nSPS) is 10.0. The molecule has 0 amide bonds. The molecule has 0 aliphatic heterocycles. The van der Waals surface area contributed by atoms with Crippen LogP contribution in [0.3, 0.4) is 0 Å². The highest BCUT2D eigenvalue weighted by Crippen LogP contribution is 2.29. The summed E-state index contributed by atoms with van der Waals surface area (Å²) in [5.41, 5.74) is 1.03. The predicted octanol–water partition coefficient (Wildman–Crippen LogP) is 2.93. The summed E-state index contributed by atoms with van der Waals surface area (Å²) in [4.78, 5) is 1.06. The maximum Gasteiger partial charge on any atom is 0.132 e. The SMILES string of the molecule is O=S=c1cc(-c2ccc(O)cc2)ss1. The molecular formula is C9H6O2S3. The van der Waals surface area contributed by atoms with Gasteiger partial charge in [-0.25, -0.2) is 4.21 Å². The predicted molar refractivity (Wildman–Crippen MR) is 60.7 cm³/mol. The smallest absolute Gasteiger partial charge is 0.132 e. The van der Waals surface area contributed by atoms with Gasteiger partial charge in [-0.15, -0.1) is 0 Å². The van der Waals surface area contributed by atoms with Crippen LogP contribution in [0.15, 0.2) is 30.3 Å². The summed E-state index contributed by atoms with van der Waals surface area (Å²) in [6.07, 6.45) is 0. The van der Waals surface area contributed by atoms with Gasteiger partial charge in [0, 0.05) is 4.88 Å².